The van der Waals surface area contributed by atoms with E-state index in [1.165, 1.54) is 41.5 Å². The molecular weight excluding hydrogens is 368 g/mol. The molecule has 3 nitrogen and oxygen atoms in total. The van der Waals surface area contributed by atoms with Crippen molar-refractivity contribution in [3.05, 3.63) is 70.8 Å². The summed E-state index contributed by atoms with van der Waals surface area (Å²) in [6.45, 7) is 0.970. The summed E-state index contributed by atoms with van der Waals surface area (Å²) in [6.07, 6.45) is 6.75. The fraction of sp³-hybridized carbons (Fsp3) is 0.458. The summed E-state index contributed by atoms with van der Waals surface area (Å²) >= 11 is 0. The highest BCUT2D eigenvalue weighted by Crippen LogP contribution is 2.52. The second-order valence-electron chi connectivity index (χ2n) is 8.50. The van der Waals surface area contributed by atoms with Crippen LogP contribution in [0, 0.1) is 5.92 Å². The Morgan fingerprint density at radius 2 is 1.57 bits per heavy atom. The van der Waals surface area contributed by atoms with Gasteiger partial charge in [-0.15, -0.1) is 12.4 Å². The predicted molar refractivity (Wildman–Crippen MR) is 115 cm³/mol. The molecule has 1 amide bonds. The Bertz CT molecular complexity index is 867. The van der Waals surface area contributed by atoms with Gasteiger partial charge in [0.15, 0.2) is 0 Å². The summed E-state index contributed by atoms with van der Waals surface area (Å²) in [4.78, 5) is 14.8. The van der Waals surface area contributed by atoms with Crippen molar-refractivity contribution in [2.24, 2.45) is 11.7 Å². The third kappa shape index (κ3) is 3.15. The first-order valence-corrected chi connectivity index (χ1v) is 10.4. The van der Waals surface area contributed by atoms with E-state index in [-0.39, 0.29) is 24.4 Å². The van der Waals surface area contributed by atoms with Crippen LogP contribution in [0.3, 0.4) is 0 Å². The molecule has 148 valence electrons. The smallest absolute Gasteiger partial charge is 0.234 e. The minimum atomic E-state index is -0.147. The van der Waals surface area contributed by atoms with E-state index in [0.29, 0.717) is 17.9 Å². The van der Waals surface area contributed by atoms with Gasteiger partial charge < -0.3 is 5.73 Å². The van der Waals surface area contributed by atoms with Gasteiger partial charge in [0, 0.05) is 6.04 Å². The van der Waals surface area contributed by atoms with E-state index in [1.807, 2.05) is 0 Å². The number of fused-ring (bicyclic) bond motifs is 4. The molecule has 0 radical (unpaired) electrons. The first kappa shape index (κ1) is 19.5. The van der Waals surface area contributed by atoms with Crippen molar-refractivity contribution < 1.29 is 4.79 Å². The summed E-state index contributed by atoms with van der Waals surface area (Å²) in [5, 5.41) is 0. The maximum atomic E-state index is 12.3. The molecule has 1 saturated heterocycles. The Hall–Kier alpha value is -1.84. The lowest BCUT2D eigenvalue weighted by atomic mass is 9.71. The van der Waals surface area contributed by atoms with Crippen molar-refractivity contribution in [2.45, 2.75) is 56.5 Å². The number of nitrogens with two attached hydrogens (primary N) is 1. The van der Waals surface area contributed by atoms with Crippen LogP contribution >= 0.6 is 12.4 Å². The molecule has 3 unspecified atom stereocenters. The molecule has 1 fully saturated rings. The molecule has 4 heteroatoms. The fourth-order valence-electron chi connectivity index (χ4n) is 6.07. The molecule has 28 heavy (non-hydrogen) atoms. The minimum Gasteiger partial charge on any atom is -0.368 e. The van der Waals surface area contributed by atoms with E-state index < -0.39 is 0 Å². The quantitative estimate of drug-likeness (QED) is 0.818. The molecule has 4 atom stereocenters. The van der Waals surface area contributed by atoms with Crippen LogP contribution in [0.4, 0.5) is 0 Å². The maximum absolute atomic E-state index is 12.3. The Morgan fingerprint density at radius 3 is 2.32 bits per heavy atom. The van der Waals surface area contributed by atoms with E-state index >= 15 is 0 Å². The van der Waals surface area contributed by atoms with E-state index in [9.17, 15) is 4.79 Å². The van der Waals surface area contributed by atoms with Crippen LogP contribution < -0.4 is 5.73 Å². The SMILES string of the molecule is Cl.NC(=O)C1CC([C@H]2CCCc3ccccc32)C2c3ccccc3CCCN12. The van der Waals surface area contributed by atoms with Crippen molar-refractivity contribution in [3.63, 3.8) is 0 Å². The number of carbonyl (C=O) groups is 1. The summed E-state index contributed by atoms with van der Waals surface area (Å²) in [5.41, 5.74) is 11.8. The second kappa shape index (κ2) is 7.88. The van der Waals surface area contributed by atoms with Crippen LogP contribution in [-0.2, 0) is 17.6 Å². The van der Waals surface area contributed by atoms with Crippen molar-refractivity contribution in [1.82, 2.24) is 4.90 Å². The van der Waals surface area contributed by atoms with Crippen molar-refractivity contribution in [2.75, 3.05) is 6.54 Å². The number of aryl methyl sites for hydroxylation is 2. The van der Waals surface area contributed by atoms with E-state index in [4.69, 9.17) is 5.73 Å². The molecule has 5 rings (SSSR count). The number of hydrogen-bond acceptors (Lipinski definition) is 2. The van der Waals surface area contributed by atoms with Crippen LogP contribution in [0.25, 0.3) is 0 Å². The van der Waals surface area contributed by atoms with E-state index in [1.54, 1.807) is 0 Å². The van der Waals surface area contributed by atoms with Crippen LogP contribution in [0.15, 0.2) is 48.5 Å². The topological polar surface area (TPSA) is 46.3 Å². The Kier molecular flexibility index (Phi) is 5.48. The number of carbonyl (C=O) groups excluding carboxylic acids is 1. The molecular formula is C24H29ClN2O. The first-order chi connectivity index (χ1) is 13.2. The number of benzene rings is 2. The third-order valence-corrected chi connectivity index (χ3v) is 7.16. The molecule has 0 bridgehead atoms. The molecule has 2 aromatic carbocycles. The molecule has 0 saturated carbocycles. The number of amides is 1. The second-order valence-corrected chi connectivity index (χ2v) is 8.50. The van der Waals surface area contributed by atoms with Gasteiger partial charge in [-0.3, -0.25) is 9.69 Å². The summed E-state index contributed by atoms with van der Waals surface area (Å²) in [5.74, 6) is 0.840. The molecule has 0 aromatic heterocycles. The van der Waals surface area contributed by atoms with E-state index in [2.05, 4.69) is 53.4 Å². The van der Waals surface area contributed by atoms with Gasteiger partial charge in [0.05, 0.1) is 6.04 Å². The van der Waals surface area contributed by atoms with Crippen LogP contribution in [0.1, 0.15) is 59.9 Å². The zero-order valence-corrected chi connectivity index (χ0v) is 17.0. The van der Waals surface area contributed by atoms with Crippen molar-refractivity contribution >= 4 is 18.3 Å². The van der Waals surface area contributed by atoms with Gasteiger partial charge in [-0.25, -0.2) is 0 Å². The standard InChI is InChI=1S/C24H28N2O.ClH/c25-24(27)22-15-21(20-13-5-9-16-7-1-3-11-18(16)20)23-19-12-4-2-8-17(19)10-6-14-26(22)23;/h1-4,7-8,11-12,20-23H,5-6,9-10,13-15H2,(H2,25,27);1H/t20-,21?,22?,23?;/m0./s1. The normalized spacial score (nSPS) is 29.0. The largest absolute Gasteiger partial charge is 0.368 e. The molecule has 2 heterocycles. The zero-order valence-electron chi connectivity index (χ0n) is 16.2. The van der Waals surface area contributed by atoms with Crippen molar-refractivity contribution in [3.8, 4) is 0 Å². The monoisotopic (exact) mass is 396 g/mol. The van der Waals surface area contributed by atoms with Gasteiger partial charge in [0.2, 0.25) is 5.91 Å². The van der Waals surface area contributed by atoms with Crippen LogP contribution in [-0.4, -0.2) is 23.4 Å². The number of rotatable bonds is 2. The highest BCUT2D eigenvalue weighted by Gasteiger charge is 2.49. The van der Waals surface area contributed by atoms with Crippen LogP contribution in [0.2, 0.25) is 0 Å². The number of halogens is 1. The molecule has 1 aliphatic carbocycles. The van der Waals surface area contributed by atoms with E-state index in [0.717, 1.165) is 25.8 Å². The Morgan fingerprint density at radius 1 is 0.929 bits per heavy atom. The van der Waals surface area contributed by atoms with Gasteiger partial charge in [0.1, 0.15) is 0 Å². The highest BCUT2D eigenvalue weighted by atomic mass is 35.5. The minimum absolute atomic E-state index is 0. The molecule has 2 aromatic rings. The molecule has 0 spiro atoms. The average Bonchev–Trinajstić information content (AvgIpc) is 2.97. The fourth-order valence-corrected chi connectivity index (χ4v) is 6.07. The Labute approximate surface area is 173 Å². The van der Waals surface area contributed by atoms with Gasteiger partial charge in [-0.2, -0.15) is 0 Å². The summed E-state index contributed by atoms with van der Waals surface area (Å²) in [6, 6.07) is 18.0. The van der Waals surface area contributed by atoms with Gasteiger partial charge in [-0.1, -0.05) is 48.5 Å². The summed E-state index contributed by atoms with van der Waals surface area (Å²) in [7, 11) is 0. The van der Waals surface area contributed by atoms with Crippen LogP contribution in [0.5, 0.6) is 0 Å². The Balaban J connectivity index is 0.00000192. The van der Waals surface area contributed by atoms with Gasteiger partial charge in [-0.05, 0) is 79.2 Å². The third-order valence-electron chi connectivity index (χ3n) is 7.16. The van der Waals surface area contributed by atoms with Gasteiger partial charge in [0.25, 0.3) is 0 Å². The zero-order chi connectivity index (χ0) is 18.4. The van der Waals surface area contributed by atoms with Gasteiger partial charge >= 0.3 is 0 Å². The number of primary amides is 1. The molecule has 2 N–H and O–H groups in total. The lowest BCUT2D eigenvalue weighted by Gasteiger charge is -2.36. The maximum Gasteiger partial charge on any atom is 0.234 e. The molecule has 3 aliphatic rings. The lowest BCUT2D eigenvalue weighted by Crippen LogP contribution is -2.41. The first-order valence-electron chi connectivity index (χ1n) is 10.4. The predicted octanol–water partition coefficient (Wildman–Crippen LogP) is 4.39. The molecule has 2 aliphatic heterocycles. The highest BCUT2D eigenvalue weighted by molar-refractivity contribution is 5.85. The van der Waals surface area contributed by atoms with Crippen molar-refractivity contribution in [1.29, 1.82) is 0 Å². The number of hydrogen-bond donors (Lipinski definition) is 1. The lowest BCUT2D eigenvalue weighted by molar-refractivity contribution is -0.122. The average molecular weight is 397 g/mol. The number of nitrogens with zero attached hydrogens (tertiary/aromatic N) is 1. The summed E-state index contributed by atoms with van der Waals surface area (Å²) < 4.78 is 0.